The van der Waals surface area contributed by atoms with E-state index >= 15 is 0 Å². The molecule has 0 saturated heterocycles. The molecule has 7 nitrogen and oxygen atoms in total. The Morgan fingerprint density at radius 1 is 1.52 bits per heavy atom. The number of aliphatic hydroxyl groups is 1. The van der Waals surface area contributed by atoms with Crippen molar-refractivity contribution in [1.29, 1.82) is 0 Å². The number of aromatic amines is 1. The standard InChI is InChI=1S/C18H23N3O4/c1-12-16(20-11-19-12)9-21(5-6-22)18(23)14-7-13-8-15(24-2)3-4-17(13)25-10-14/h3-4,8,11,14,22H,5-7,9-10H2,1-2H3,(H,19,20). The molecule has 1 unspecified atom stereocenters. The van der Waals surface area contributed by atoms with Crippen LogP contribution in [0.4, 0.5) is 0 Å². The number of aromatic nitrogens is 2. The van der Waals surface area contributed by atoms with Crippen LogP contribution in [-0.2, 0) is 17.8 Å². The lowest BCUT2D eigenvalue weighted by molar-refractivity contribution is -0.138. The van der Waals surface area contributed by atoms with Gasteiger partial charge in [-0.25, -0.2) is 4.98 Å². The average Bonchev–Trinajstić information content (AvgIpc) is 3.04. The number of carbonyl (C=O) groups is 1. The van der Waals surface area contributed by atoms with E-state index in [2.05, 4.69) is 9.97 Å². The van der Waals surface area contributed by atoms with Crippen LogP contribution in [0.3, 0.4) is 0 Å². The monoisotopic (exact) mass is 345 g/mol. The molecule has 0 bridgehead atoms. The van der Waals surface area contributed by atoms with Crippen molar-refractivity contribution in [1.82, 2.24) is 14.9 Å². The first-order valence-corrected chi connectivity index (χ1v) is 8.30. The summed E-state index contributed by atoms with van der Waals surface area (Å²) in [6, 6.07) is 5.62. The second-order valence-electron chi connectivity index (χ2n) is 6.14. The second-order valence-corrected chi connectivity index (χ2v) is 6.14. The molecule has 1 aromatic heterocycles. The second kappa shape index (κ2) is 7.57. The summed E-state index contributed by atoms with van der Waals surface area (Å²) in [6.45, 7) is 2.80. The SMILES string of the molecule is COc1ccc2c(c1)CC(C(=O)N(CCO)Cc1nc[nH]c1C)CO2. The molecule has 7 heteroatoms. The number of ether oxygens (including phenoxy) is 2. The molecular formula is C18H23N3O4. The number of nitrogens with one attached hydrogen (secondary N) is 1. The van der Waals surface area contributed by atoms with Crippen LogP contribution >= 0.6 is 0 Å². The number of fused-ring (bicyclic) bond motifs is 1. The predicted molar refractivity (Wildman–Crippen MR) is 91.5 cm³/mol. The van der Waals surface area contributed by atoms with Crippen molar-refractivity contribution in [2.45, 2.75) is 19.9 Å². The van der Waals surface area contributed by atoms with Gasteiger partial charge in [-0.05, 0) is 37.1 Å². The fraction of sp³-hybridized carbons (Fsp3) is 0.444. The predicted octanol–water partition coefficient (Wildman–Crippen LogP) is 1.30. The van der Waals surface area contributed by atoms with Crippen LogP contribution < -0.4 is 9.47 Å². The highest BCUT2D eigenvalue weighted by molar-refractivity contribution is 5.80. The highest BCUT2D eigenvalue weighted by Crippen LogP contribution is 2.31. The van der Waals surface area contributed by atoms with Crippen molar-refractivity contribution >= 4 is 5.91 Å². The number of methoxy groups -OCH3 is 1. The number of hydrogen-bond acceptors (Lipinski definition) is 5. The topological polar surface area (TPSA) is 87.7 Å². The third-order valence-corrected chi connectivity index (χ3v) is 4.48. The molecule has 1 amide bonds. The molecule has 1 aromatic carbocycles. The Morgan fingerprint density at radius 2 is 2.36 bits per heavy atom. The number of aryl methyl sites for hydroxylation is 1. The van der Waals surface area contributed by atoms with Gasteiger partial charge in [0.2, 0.25) is 5.91 Å². The van der Waals surface area contributed by atoms with Crippen LogP contribution in [0.2, 0.25) is 0 Å². The number of nitrogens with zero attached hydrogens (tertiary/aromatic N) is 2. The normalized spacial score (nSPS) is 16.0. The van der Waals surface area contributed by atoms with E-state index in [1.54, 1.807) is 18.3 Å². The number of imidazole rings is 1. The molecule has 1 aliphatic heterocycles. The van der Waals surface area contributed by atoms with E-state index < -0.39 is 0 Å². The molecule has 25 heavy (non-hydrogen) atoms. The summed E-state index contributed by atoms with van der Waals surface area (Å²) in [4.78, 5) is 21.9. The molecular weight excluding hydrogens is 322 g/mol. The van der Waals surface area contributed by atoms with Crippen molar-refractivity contribution < 1.29 is 19.4 Å². The summed E-state index contributed by atoms with van der Waals surface area (Å²) in [7, 11) is 1.61. The third-order valence-electron chi connectivity index (χ3n) is 4.48. The first-order valence-electron chi connectivity index (χ1n) is 8.30. The Morgan fingerprint density at radius 3 is 3.04 bits per heavy atom. The Hall–Kier alpha value is -2.54. The Balaban J connectivity index is 1.74. The van der Waals surface area contributed by atoms with Gasteiger partial charge in [0, 0.05) is 12.2 Å². The zero-order valence-corrected chi connectivity index (χ0v) is 14.5. The summed E-state index contributed by atoms with van der Waals surface area (Å²) in [6.07, 6.45) is 2.20. The summed E-state index contributed by atoms with van der Waals surface area (Å²) >= 11 is 0. The van der Waals surface area contributed by atoms with Gasteiger partial charge in [-0.15, -0.1) is 0 Å². The van der Waals surface area contributed by atoms with Gasteiger partial charge >= 0.3 is 0 Å². The minimum atomic E-state index is -0.287. The van der Waals surface area contributed by atoms with Crippen molar-refractivity contribution in [3.8, 4) is 11.5 Å². The molecule has 0 spiro atoms. The molecule has 2 N–H and O–H groups in total. The summed E-state index contributed by atoms with van der Waals surface area (Å²) in [5, 5.41) is 9.34. The van der Waals surface area contributed by atoms with Crippen LogP contribution in [0.15, 0.2) is 24.5 Å². The zero-order valence-electron chi connectivity index (χ0n) is 14.5. The van der Waals surface area contributed by atoms with Gasteiger partial charge in [0.15, 0.2) is 0 Å². The lowest BCUT2D eigenvalue weighted by Gasteiger charge is -2.30. The maximum Gasteiger partial charge on any atom is 0.229 e. The maximum atomic E-state index is 13.0. The van der Waals surface area contributed by atoms with Crippen molar-refractivity contribution in [2.24, 2.45) is 5.92 Å². The summed E-state index contributed by atoms with van der Waals surface area (Å²) in [5.41, 5.74) is 2.69. The molecule has 3 rings (SSSR count). The van der Waals surface area contributed by atoms with E-state index in [0.717, 1.165) is 28.5 Å². The fourth-order valence-corrected chi connectivity index (χ4v) is 3.03. The molecule has 0 radical (unpaired) electrons. The molecule has 2 heterocycles. The number of carbonyl (C=O) groups excluding carboxylic acids is 1. The fourth-order valence-electron chi connectivity index (χ4n) is 3.03. The smallest absolute Gasteiger partial charge is 0.229 e. The van der Waals surface area contributed by atoms with Gasteiger partial charge in [0.25, 0.3) is 0 Å². The van der Waals surface area contributed by atoms with Gasteiger partial charge in [0.05, 0.1) is 38.2 Å². The number of aliphatic hydroxyl groups excluding tert-OH is 1. The number of H-pyrrole nitrogens is 1. The molecule has 0 fully saturated rings. The van der Waals surface area contributed by atoms with E-state index in [1.807, 2.05) is 25.1 Å². The van der Waals surface area contributed by atoms with Crippen molar-refractivity contribution in [2.75, 3.05) is 26.9 Å². The van der Waals surface area contributed by atoms with Crippen molar-refractivity contribution in [3.63, 3.8) is 0 Å². The number of hydrogen-bond donors (Lipinski definition) is 2. The molecule has 0 aliphatic carbocycles. The molecule has 2 aromatic rings. The lowest BCUT2D eigenvalue weighted by Crippen LogP contribution is -2.42. The van der Waals surface area contributed by atoms with Crippen LogP contribution in [0, 0.1) is 12.8 Å². The summed E-state index contributed by atoms with van der Waals surface area (Å²) < 4.78 is 11.0. The van der Waals surface area contributed by atoms with Crippen LogP contribution in [0.5, 0.6) is 11.5 Å². The molecule has 1 aliphatic rings. The molecule has 0 saturated carbocycles. The first-order chi connectivity index (χ1) is 12.1. The highest BCUT2D eigenvalue weighted by Gasteiger charge is 2.30. The first kappa shape index (κ1) is 17.3. The van der Waals surface area contributed by atoms with E-state index in [0.29, 0.717) is 19.6 Å². The van der Waals surface area contributed by atoms with Gasteiger partial charge in [0.1, 0.15) is 18.1 Å². The van der Waals surface area contributed by atoms with Gasteiger partial charge in [-0.3, -0.25) is 4.79 Å². The third kappa shape index (κ3) is 3.76. The van der Waals surface area contributed by atoms with E-state index in [9.17, 15) is 9.90 Å². The number of rotatable bonds is 6. The maximum absolute atomic E-state index is 13.0. The van der Waals surface area contributed by atoms with Gasteiger partial charge in [-0.1, -0.05) is 0 Å². The minimum absolute atomic E-state index is 0.0371. The van der Waals surface area contributed by atoms with Gasteiger partial charge in [-0.2, -0.15) is 0 Å². The zero-order chi connectivity index (χ0) is 17.8. The Kier molecular flexibility index (Phi) is 5.23. The van der Waals surface area contributed by atoms with E-state index in [4.69, 9.17) is 9.47 Å². The van der Waals surface area contributed by atoms with E-state index in [-0.39, 0.29) is 25.0 Å². The van der Waals surface area contributed by atoms with Gasteiger partial charge < -0.3 is 24.5 Å². The number of amides is 1. The average molecular weight is 345 g/mol. The Labute approximate surface area is 146 Å². The molecule has 1 atom stereocenters. The number of benzene rings is 1. The quantitative estimate of drug-likeness (QED) is 0.824. The summed E-state index contributed by atoms with van der Waals surface area (Å²) in [5.74, 6) is 1.21. The highest BCUT2D eigenvalue weighted by atomic mass is 16.5. The van der Waals surface area contributed by atoms with Crippen LogP contribution in [0.25, 0.3) is 0 Å². The minimum Gasteiger partial charge on any atom is -0.497 e. The lowest BCUT2D eigenvalue weighted by atomic mass is 9.95. The van der Waals surface area contributed by atoms with Crippen LogP contribution in [-0.4, -0.2) is 52.7 Å². The largest absolute Gasteiger partial charge is 0.497 e. The van der Waals surface area contributed by atoms with E-state index in [1.165, 1.54) is 0 Å². The molecule has 134 valence electrons. The van der Waals surface area contributed by atoms with Crippen molar-refractivity contribution in [3.05, 3.63) is 41.5 Å². The Bertz CT molecular complexity index is 744. The van der Waals surface area contributed by atoms with Crippen LogP contribution in [0.1, 0.15) is 17.0 Å².